The number of hydrogen-bond donors (Lipinski definition) is 2. The van der Waals surface area contributed by atoms with E-state index in [1.807, 2.05) is 0 Å². The van der Waals surface area contributed by atoms with E-state index >= 15 is 0 Å². The Morgan fingerprint density at radius 1 is 1.03 bits per heavy atom. The summed E-state index contributed by atoms with van der Waals surface area (Å²) in [6.07, 6.45) is -11.7. The first-order valence-electron chi connectivity index (χ1n) is 10.7. The first-order chi connectivity index (χ1) is 17.9. The van der Waals surface area contributed by atoms with Gasteiger partial charge in [0.25, 0.3) is 5.91 Å². The van der Waals surface area contributed by atoms with Crippen molar-refractivity contribution >= 4 is 52.4 Å². The van der Waals surface area contributed by atoms with Gasteiger partial charge in [-0.1, -0.05) is 40.9 Å². The van der Waals surface area contributed by atoms with Crippen molar-refractivity contribution in [3.8, 4) is 6.07 Å². The maximum atomic E-state index is 15.0. The highest BCUT2D eigenvalue weighted by atomic mass is 35.5. The molecule has 0 heterocycles. The summed E-state index contributed by atoms with van der Waals surface area (Å²) >= 11 is 17.3. The lowest BCUT2D eigenvalue weighted by Crippen LogP contribution is -2.46. The number of amides is 2. The molecule has 15 heteroatoms. The number of rotatable bonds is 8. The largest absolute Gasteiger partial charge is 0.417 e. The molecule has 0 aliphatic carbocycles. The van der Waals surface area contributed by atoms with Crippen LogP contribution in [0.1, 0.15) is 52.7 Å². The van der Waals surface area contributed by atoms with Gasteiger partial charge in [0.15, 0.2) is 0 Å². The molecular formula is C24H17Cl3F7N3O2. The van der Waals surface area contributed by atoms with E-state index in [0.29, 0.717) is 12.1 Å². The number of nitrogens with one attached hydrogen (secondary N) is 2. The molecule has 0 aromatic heterocycles. The van der Waals surface area contributed by atoms with Gasteiger partial charge in [-0.05, 0) is 42.8 Å². The molecule has 1 unspecified atom stereocenters. The molecule has 0 aliphatic heterocycles. The van der Waals surface area contributed by atoms with Crippen LogP contribution in [0.4, 0.5) is 30.7 Å². The summed E-state index contributed by atoms with van der Waals surface area (Å²) in [6, 6.07) is 4.79. The molecule has 0 saturated heterocycles. The summed E-state index contributed by atoms with van der Waals surface area (Å²) in [7, 11) is 0. The van der Waals surface area contributed by atoms with E-state index in [1.54, 1.807) is 6.07 Å². The maximum Gasteiger partial charge on any atom is 0.417 e. The number of carbonyl (C=O) groups excluding carboxylic acids is 2. The molecule has 0 saturated carbocycles. The second kappa shape index (κ2) is 12.9. The average Bonchev–Trinajstić information content (AvgIpc) is 2.82. The van der Waals surface area contributed by atoms with Gasteiger partial charge in [0.1, 0.15) is 11.7 Å². The Kier molecular flexibility index (Phi) is 10.6. The Morgan fingerprint density at radius 3 is 2.13 bits per heavy atom. The molecule has 2 rings (SSSR count). The number of benzene rings is 2. The number of allylic oxidation sites excluding steroid dienone is 1. The molecule has 2 aromatic carbocycles. The number of hydrogen-bond acceptors (Lipinski definition) is 3. The Balaban J connectivity index is 2.45. The lowest BCUT2D eigenvalue weighted by atomic mass is 9.95. The molecule has 0 spiro atoms. The van der Waals surface area contributed by atoms with E-state index in [0.717, 1.165) is 12.1 Å². The van der Waals surface area contributed by atoms with Crippen molar-refractivity contribution < 1.29 is 40.3 Å². The average molecular weight is 619 g/mol. The highest BCUT2D eigenvalue weighted by molar-refractivity contribution is 6.48. The minimum atomic E-state index is -5.21. The van der Waals surface area contributed by atoms with Crippen LogP contribution >= 0.6 is 34.8 Å². The van der Waals surface area contributed by atoms with Crippen LogP contribution in [0.25, 0.3) is 5.83 Å². The summed E-state index contributed by atoms with van der Waals surface area (Å²) in [6.45, 7) is 1.25. The van der Waals surface area contributed by atoms with Crippen molar-refractivity contribution in [2.24, 2.45) is 0 Å². The van der Waals surface area contributed by atoms with Crippen molar-refractivity contribution in [1.82, 2.24) is 10.6 Å². The van der Waals surface area contributed by atoms with Gasteiger partial charge in [0.2, 0.25) is 5.91 Å². The molecule has 0 aliphatic rings. The zero-order valence-corrected chi connectivity index (χ0v) is 21.8. The summed E-state index contributed by atoms with van der Waals surface area (Å²) in [4.78, 5) is 24.1. The van der Waals surface area contributed by atoms with Crippen LogP contribution in [-0.2, 0) is 11.0 Å². The summed E-state index contributed by atoms with van der Waals surface area (Å²) < 4.78 is 97.5. The number of halogens is 10. The minimum Gasteiger partial charge on any atom is -0.336 e. The van der Waals surface area contributed by atoms with Crippen molar-refractivity contribution in [3.63, 3.8) is 0 Å². The molecule has 39 heavy (non-hydrogen) atoms. The third kappa shape index (κ3) is 8.74. The second-order valence-electron chi connectivity index (χ2n) is 8.01. The number of nitriles is 1. The third-order valence-electron chi connectivity index (χ3n) is 5.07. The lowest BCUT2D eigenvalue weighted by Gasteiger charge is -2.20. The molecule has 2 N–H and O–H groups in total. The fourth-order valence-corrected chi connectivity index (χ4v) is 3.91. The first-order valence-corrected chi connectivity index (χ1v) is 11.9. The van der Waals surface area contributed by atoms with Crippen LogP contribution in [0, 0.1) is 11.3 Å². The Hall–Kier alpha value is -3.01. The number of nitrogens with zero attached hydrogens (tertiary/aromatic N) is 1. The molecule has 5 nitrogen and oxygen atoms in total. The monoisotopic (exact) mass is 617 g/mol. The van der Waals surface area contributed by atoms with Crippen LogP contribution in [0.2, 0.25) is 15.1 Å². The van der Waals surface area contributed by atoms with Crippen LogP contribution < -0.4 is 10.6 Å². The topological polar surface area (TPSA) is 82.0 Å². The van der Waals surface area contributed by atoms with Crippen LogP contribution in [0.3, 0.4) is 0 Å². The fourth-order valence-electron chi connectivity index (χ4n) is 3.30. The van der Waals surface area contributed by atoms with Gasteiger partial charge >= 0.3 is 12.4 Å². The van der Waals surface area contributed by atoms with Crippen molar-refractivity contribution in [3.05, 3.63) is 73.7 Å². The van der Waals surface area contributed by atoms with Crippen molar-refractivity contribution in [2.75, 3.05) is 0 Å². The summed E-state index contributed by atoms with van der Waals surface area (Å²) in [5.41, 5.74) is -4.11. The van der Waals surface area contributed by atoms with E-state index in [4.69, 9.17) is 40.1 Å². The highest BCUT2D eigenvalue weighted by Gasteiger charge is 2.41. The van der Waals surface area contributed by atoms with Crippen molar-refractivity contribution in [1.29, 1.82) is 5.26 Å². The highest BCUT2D eigenvalue weighted by Crippen LogP contribution is 2.42. The van der Waals surface area contributed by atoms with Gasteiger partial charge in [-0.3, -0.25) is 9.59 Å². The molecule has 0 fully saturated rings. The quantitative estimate of drug-likeness (QED) is 0.180. The van der Waals surface area contributed by atoms with Gasteiger partial charge < -0.3 is 10.6 Å². The molecule has 2 atom stereocenters. The zero-order valence-electron chi connectivity index (χ0n) is 19.6. The first kappa shape index (κ1) is 32.2. The Morgan fingerprint density at radius 2 is 1.62 bits per heavy atom. The van der Waals surface area contributed by atoms with E-state index in [1.165, 1.54) is 6.92 Å². The number of alkyl halides is 6. The lowest BCUT2D eigenvalue weighted by molar-refractivity contribution is -0.140. The van der Waals surface area contributed by atoms with Crippen LogP contribution in [-0.4, -0.2) is 24.2 Å². The standard InChI is InChI=1S/C24H17Cl3F7N3O2/c1-11(36-20(38)3-2-6-35)37-22(39)14-5-4-12(7-16(14)24(32,33)34)19(28)10-15(23(29,30)31)13-8-17(25)21(27)18(26)9-13/h4-5,7-11,15H,2-3H2,1H3,(H,36,38)(H,37,39)/b19-10-/t11-,15?/m1/s1. The Labute approximate surface area is 232 Å². The molecule has 2 aromatic rings. The predicted molar refractivity (Wildman–Crippen MR) is 131 cm³/mol. The van der Waals surface area contributed by atoms with Gasteiger partial charge in [0.05, 0.1) is 38.4 Å². The Bertz CT molecular complexity index is 1300. The van der Waals surface area contributed by atoms with E-state index < -0.39 is 64.3 Å². The predicted octanol–water partition coefficient (Wildman–Crippen LogP) is 7.82. The normalized spacial score (nSPS) is 13.8. The van der Waals surface area contributed by atoms with Gasteiger partial charge in [-0.2, -0.15) is 31.6 Å². The second-order valence-corrected chi connectivity index (χ2v) is 9.20. The summed E-state index contributed by atoms with van der Waals surface area (Å²) in [5, 5.41) is 11.9. The van der Waals surface area contributed by atoms with Gasteiger partial charge in [-0.25, -0.2) is 4.39 Å². The van der Waals surface area contributed by atoms with Gasteiger partial charge in [-0.15, -0.1) is 0 Å². The molecular weight excluding hydrogens is 602 g/mol. The zero-order chi connectivity index (χ0) is 29.7. The molecule has 0 radical (unpaired) electrons. The third-order valence-corrected chi connectivity index (χ3v) is 6.26. The van der Waals surface area contributed by atoms with Gasteiger partial charge in [0, 0.05) is 18.4 Å². The smallest absolute Gasteiger partial charge is 0.336 e. The maximum absolute atomic E-state index is 15.0. The number of carbonyl (C=O) groups is 2. The molecule has 0 bridgehead atoms. The summed E-state index contributed by atoms with van der Waals surface area (Å²) in [5.74, 6) is -6.28. The minimum absolute atomic E-state index is 0.0456. The van der Waals surface area contributed by atoms with Crippen LogP contribution in [0.5, 0.6) is 0 Å². The van der Waals surface area contributed by atoms with E-state index in [2.05, 4.69) is 10.6 Å². The molecule has 2 amide bonds. The van der Waals surface area contributed by atoms with Crippen molar-refractivity contribution in [2.45, 2.75) is 44.2 Å². The van der Waals surface area contributed by atoms with E-state index in [-0.39, 0.29) is 40.1 Å². The van der Waals surface area contributed by atoms with Crippen LogP contribution in [0.15, 0.2) is 36.4 Å². The SMILES string of the molecule is C[C@H](NC(=O)CCC#N)NC(=O)c1ccc(/C(F)=C/C(c2cc(Cl)c(Cl)c(Cl)c2)C(F)(F)F)cc1C(F)(F)F. The fraction of sp³-hybridized carbons (Fsp3) is 0.292. The molecule has 210 valence electrons. The van der Waals surface area contributed by atoms with E-state index in [9.17, 15) is 40.3 Å².